The molecule has 1 aromatic heterocycles. The van der Waals surface area contributed by atoms with Crippen molar-refractivity contribution >= 4 is 0 Å². The molecule has 0 saturated carbocycles. The third-order valence-electron chi connectivity index (χ3n) is 3.79. The lowest BCUT2D eigenvalue weighted by Gasteiger charge is -2.39. The molecule has 0 spiro atoms. The Kier molecular flexibility index (Phi) is 4.13. The van der Waals surface area contributed by atoms with Crippen LogP contribution in [0.4, 0.5) is 0 Å². The summed E-state index contributed by atoms with van der Waals surface area (Å²) in [6.45, 7) is 7.63. The molecule has 2 atom stereocenters. The van der Waals surface area contributed by atoms with Crippen LogP contribution >= 0.6 is 0 Å². The Morgan fingerprint density at radius 3 is 2.71 bits per heavy atom. The fourth-order valence-electron chi connectivity index (χ4n) is 2.59. The number of nitrogens with zero attached hydrogens (tertiary/aromatic N) is 2. The number of hydrogen-bond donors (Lipinski definition) is 1. The van der Waals surface area contributed by atoms with Crippen LogP contribution in [0.15, 0.2) is 18.5 Å². The van der Waals surface area contributed by atoms with Gasteiger partial charge in [0.1, 0.15) is 0 Å². The van der Waals surface area contributed by atoms with Crippen LogP contribution in [0.5, 0.6) is 0 Å². The number of aryl methyl sites for hydroxylation is 1. The van der Waals surface area contributed by atoms with Gasteiger partial charge in [-0.25, -0.2) is 5.01 Å². The van der Waals surface area contributed by atoms with E-state index in [-0.39, 0.29) is 0 Å². The Morgan fingerprint density at radius 1 is 1.35 bits per heavy atom. The van der Waals surface area contributed by atoms with Gasteiger partial charge in [-0.2, -0.15) is 0 Å². The van der Waals surface area contributed by atoms with E-state index in [1.165, 1.54) is 30.4 Å². The Bertz CT molecular complexity index is 354. The highest BCUT2D eigenvalue weighted by molar-refractivity contribution is 5.20. The van der Waals surface area contributed by atoms with Crippen molar-refractivity contribution < 1.29 is 0 Å². The fraction of sp³-hybridized carbons (Fsp3) is 0.643. The van der Waals surface area contributed by atoms with Gasteiger partial charge in [0.25, 0.3) is 0 Å². The zero-order valence-corrected chi connectivity index (χ0v) is 11.1. The molecule has 3 nitrogen and oxygen atoms in total. The average Bonchev–Trinajstić information content (AvgIpc) is 2.30. The normalized spacial score (nSPS) is 26.1. The van der Waals surface area contributed by atoms with E-state index < -0.39 is 0 Å². The Hall–Kier alpha value is -0.930. The zero-order chi connectivity index (χ0) is 12.3. The first-order valence-corrected chi connectivity index (χ1v) is 6.60. The van der Waals surface area contributed by atoms with Crippen molar-refractivity contribution in [2.24, 2.45) is 0 Å². The minimum Gasteiger partial charge on any atom is -0.264 e. The highest BCUT2D eigenvalue weighted by Gasteiger charge is 2.24. The maximum Gasteiger partial charge on any atom is 0.0371 e. The molecule has 1 saturated heterocycles. The molecule has 2 heterocycles. The number of aromatic nitrogens is 1. The minimum absolute atomic E-state index is 0.635. The summed E-state index contributed by atoms with van der Waals surface area (Å²) in [5.74, 6) is 0. The first-order chi connectivity index (χ1) is 8.18. The molecule has 1 N–H and O–H groups in total. The summed E-state index contributed by atoms with van der Waals surface area (Å²) in [5.41, 5.74) is 6.17. The van der Waals surface area contributed by atoms with Crippen LogP contribution in [0.3, 0.4) is 0 Å². The van der Waals surface area contributed by atoms with E-state index in [0.29, 0.717) is 12.1 Å². The minimum atomic E-state index is 0.635. The SMILES string of the molecule is Cc1ccncc1CNN1C(C)CCCC1C. The van der Waals surface area contributed by atoms with Crippen molar-refractivity contribution in [1.82, 2.24) is 15.4 Å². The lowest BCUT2D eigenvalue weighted by Crippen LogP contribution is -2.51. The maximum atomic E-state index is 4.19. The van der Waals surface area contributed by atoms with E-state index in [2.05, 4.69) is 42.3 Å². The van der Waals surface area contributed by atoms with Crippen LogP contribution in [0.1, 0.15) is 44.2 Å². The van der Waals surface area contributed by atoms with E-state index >= 15 is 0 Å². The molecule has 0 radical (unpaired) electrons. The number of hydrogen-bond acceptors (Lipinski definition) is 3. The largest absolute Gasteiger partial charge is 0.264 e. The number of hydrazine groups is 1. The monoisotopic (exact) mass is 233 g/mol. The van der Waals surface area contributed by atoms with Crippen molar-refractivity contribution in [2.45, 2.75) is 58.7 Å². The number of nitrogens with one attached hydrogen (secondary N) is 1. The second kappa shape index (κ2) is 5.61. The van der Waals surface area contributed by atoms with Gasteiger partial charge in [0.05, 0.1) is 0 Å². The molecule has 1 fully saturated rings. The lowest BCUT2D eigenvalue weighted by atomic mass is 10.00. The van der Waals surface area contributed by atoms with Crippen LogP contribution in [0, 0.1) is 6.92 Å². The quantitative estimate of drug-likeness (QED) is 0.870. The molecule has 2 unspecified atom stereocenters. The van der Waals surface area contributed by atoms with Crippen LogP contribution in [-0.4, -0.2) is 22.1 Å². The molecule has 17 heavy (non-hydrogen) atoms. The molecule has 0 bridgehead atoms. The van der Waals surface area contributed by atoms with Gasteiger partial charge in [0, 0.05) is 31.0 Å². The van der Waals surface area contributed by atoms with E-state index in [4.69, 9.17) is 0 Å². The standard InChI is InChI=1S/C14H23N3/c1-11-7-8-15-9-14(11)10-16-17-12(2)5-4-6-13(17)3/h7-9,12-13,16H,4-6,10H2,1-3H3. The number of rotatable bonds is 3. The van der Waals surface area contributed by atoms with Gasteiger partial charge in [-0.15, -0.1) is 0 Å². The second-order valence-corrected chi connectivity index (χ2v) is 5.17. The van der Waals surface area contributed by atoms with Crippen LogP contribution in [0.2, 0.25) is 0 Å². The van der Waals surface area contributed by atoms with Crippen molar-refractivity contribution in [3.8, 4) is 0 Å². The Morgan fingerprint density at radius 2 is 2.06 bits per heavy atom. The molecule has 2 rings (SSSR count). The Labute approximate surface area is 104 Å². The topological polar surface area (TPSA) is 28.2 Å². The van der Waals surface area contributed by atoms with Gasteiger partial charge in [-0.3, -0.25) is 10.4 Å². The summed E-state index contributed by atoms with van der Waals surface area (Å²) in [5, 5.41) is 2.41. The molecule has 1 aromatic rings. The van der Waals surface area contributed by atoms with Crippen molar-refractivity contribution in [3.05, 3.63) is 29.6 Å². The van der Waals surface area contributed by atoms with Gasteiger partial charge >= 0.3 is 0 Å². The van der Waals surface area contributed by atoms with Crippen molar-refractivity contribution in [3.63, 3.8) is 0 Å². The molecule has 0 amide bonds. The summed E-state index contributed by atoms with van der Waals surface area (Å²) in [7, 11) is 0. The third-order valence-corrected chi connectivity index (χ3v) is 3.79. The van der Waals surface area contributed by atoms with Gasteiger partial charge < -0.3 is 0 Å². The molecular weight excluding hydrogens is 210 g/mol. The summed E-state index contributed by atoms with van der Waals surface area (Å²) in [6.07, 6.45) is 7.76. The summed E-state index contributed by atoms with van der Waals surface area (Å²) in [6, 6.07) is 3.34. The molecule has 0 aromatic carbocycles. The molecule has 1 aliphatic heterocycles. The van der Waals surface area contributed by atoms with Crippen LogP contribution < -0.4 is 5.43 Å². The Balaban J connectivity index is 1.95. The smallest absolute Gasteiger partial charge is 0.0371 e. The van der Waals surface area contributed by atoms with Gasteiger partial charge in [0.15, 0.2) is 0 Å². The zero-order valence-electron chi connectivity index (χ0n) is 11.1. The molecular formula is C14H23N3. The molecule has 94 valence electrons. The fourth-order valence-corrected chi connectivity index (χ4v) is 2.59. The average molecular weight is 233 g/mol. The number of pyridine rings is 1. The molecule has 3 heteroatoms. The second-order valence-electron chi connectivity index (χ2n) is 5.17. The van der Waals surface area contributed by atoms with Crippen molar-refractivity contribution in [2.75, 3.05) is 0 Å². The van der Waals surface area contributed by atoms with Gasteiger partial charge in [0.2, 0.25) is 0 Å². The third kappa shape index (κ3) is 3.05. The highest BCUT2D eigenvalue weighted by Crippen LogP contribution is 2.20. The molecule has 1 aliphatic rings. The maximum absolute atomic E-state index is 4.19. The lowest BCUT2D eigenvalue weighted by molar-refractivity contribution is 0.0434. The van der Waals surface area contributed by atoms with Gasteiger partial charge in [-0.05, 0) is 50.8 Å². The van der Waals surface area contributed by atoms with Gasteiger partial charge in [-0.1, -0.05) is 6.42 Å². The first kappa shape index (κ1) is 12.5. The van der Waals surface area contributed by atoms with E-state index in [0.717, 1.165) is 6.54 Å². The highest BCUT2D eigenvalue weighted by atomic mass is 15.5. The predicted octanol–water partition coefficient (Wildman–Crippen LogP) is 2.66. The van der Waals surface area contributed by atoms with Crippen molar-refractivity contribution in [1.29, 1.82) is 0 Å². The molecule has 0 aliphatic carbocycles. The predicted molar refractivity (Wildman–Crippen MR) is 70.4 cm³/mol. The van der Waals surface area contributed by atoms with Crippen LogP contribution in [-0.2, 0) is 6.54 Å². The summed E-state index contributed by atoms with van der Waals surface area (Å²) in [4.78, 5) is 4.19. The van der Waals surface area contributed by atoms with E-state index in [1.54, 1.807) is 0 Å². The van der Waals surface area contributed by atoms with E-state index in [1.807, 2.05) is 12.4 Å². The first-order valence-electron chi connectivity index (χ1n) is 6.60. The summed E-state index contributed by atoms with van der Waals surface area (Å²) < 4.78 is 0. The number of piperidine rings is 1. The van der Waals surface area contributed by atoms with Crippen LogP contribution in [0.25, 0.3) is 0 Å². The summed E-state index contributed by atoms with van der Waals surface area (Å²) >= 11 is 0. The van der Waals surface area contributed by atoms with E-state index in [9.17, 15) is 0 Å².